The predicted molar refractivity (Wildman–Crippen MR) is 66.9 cm³/mol. The third kappa shape index (κ3) is 3.75. The largest absolute Gasteiger partial charge is 0.493 e. The summed E-state index contributed by atoms with van der Waals surface area (Å²) >= 11 is 0. The van der Waals surface area contributed by atoms with E-state index in [9.17, 15) is 4.79 Å². The summed E-state index contributed by atoms with van der Waals surface area (Å²) in [7, 11) is 3.25. The Morgan fingerprint density at radius 3 is 2.47 bits per heavy atom. The maximum atomic E-state index is 10.2. The molecule has 0 aromatic heterocycles. The van der Waals surface area contributed by atoms with Crippen LogP contribution in [0.4, 0.5) is 0 Å². The van der Waals surface area contributed by atoms with Gasteiger partial charge in [-0.25, -0.2) is 0 Å². The number of hydrogen-bond acceptors (Lipinski definition) is 4. The molecule has 4 nitrogen and oxygen atoms in total. The van der Waals surface area contributed by atoms with Crippen LogP contribution in [0.3, 0.4) is 0 Å². The van der Waals surface area contributed by atoms with Crippen molar-refractivity contribution in [1.82, 2.24) is 5.32 Å². The van der Waals surface area contributed by atoms with Gasteiger partial charge in [-0.05, 0) is 43.1 Å². The highest BCUT2D eigenvalue weighted by Gasteiger charge is 2.07. The smallest absolute Gasteiger partial charge is 0.161 e. The second kappa shape index (κ2) is 6.91. The van der Waals surface area contributed by atoms with Gasteiger partial charge in [-0.2, -0.15) is 0 Å². The van der Waals surface area contributed by atoms with Crippen molar-refractivity contribution in [2.75, 3.05) is 27.3 Å². The number of hydrogen-bond donors (Lipinski definition) is 1. The van der Waals surface area contributed by atoms with Crippen molar-refractivity contribution in [1.29, 1.82) is 0 Å². The molecule has 0 unspecified atom stereocenters. The van der Waals surface area contributed by atoms with Gasteiger partial charge in [0.05, 0.1) is 20.8 Å². The Bertz CT molecular complexity index is 377. The Morgan fingerprint density at radius 1 is 1.24 bits per heavy atom. The molecule has 1 N–H and O–H groups in total. The van der Waals surface area contributed by atoms with E-state index in [2.05, 4.69) is 5.32 Å². The van der Waals surface area contributed by atoms with Crippen LogP contribution in [-0.2, 0) is 11.2 Å². The second-order valence-corrected chi connectivity index (χ2v) is 3.75. The zero-order valence-electron chi connectivity index (χ0n) is 10.6. The van der Waals surface area contributed by atoms with Gasteiger partial charge in [-0.3, -0.25) is 0 Å². The zero-order valence-corrected chi connectivity index (χ0v) is 10.6. The maximum Gasteiger partial charge on any atom is 0.161 e. The van der Waals surface area contributed by atoms with Crippen LogP contribution in [0.25, 0.3) is 0 Å². The van der Waals surface area contributed by atoms with E-state index >= 15 is 0 Å². The summed E-state index contributed by atoms with van der Waals surface area (Å²) in [4.78, 5) is 10.2. The lowest BCUT2D eigenvalue weighted by Gasteiger charge is -2.12. The second-order valence-electron chi connectivity index (χ2n) is 3.75. The molecule has 94 valence electrons. The van der Waals surface area contributed by atoms with Crippen LogP contribution >= 0.6 is 0 Å². The van der Waals surface area contributed by atoms with E-state index in [1.165, 1.54) is 5.56 Å². The molecule has 4 heteroatoms. The third-order valence-electron chi connectivity index (χ3n) is 2.64. The lowest BCUT2D eigenvalue weighted by atomic mass is 10.0. The fourth-order valence-corrected chi connectivity index (χ4v) is 1.68. The summed E-state index contributed by atoms with van der Waals surface area (Å²) < 4.78 is 10.5. The number of nitrogens with one attached hydrogen (secondary N) is 1. The van der Waals surface area contributed by atoms with Crippen molar-refractivity contribution in [2.24, 2.45) is 0 Å². The number of aldehydes is 1. The van der Waals surface area contributed by atoms with Crippen LogP contribution in [0.5, 0.6) is 11.5 Å². The van der Waals surface area contributed by atoms with Crippen LogP contribution < -0.4 is 14.8 Å². The zero-order chi connectivity index (χ0) is 12.7. The van der Waals surface area contributed by atoms with E-state index in [0.29, 0.717) is 6.54 Å². The van der Waals surface area contributed by atoms with Gasteiger partial charge >= 0.3 is 0 Å². The fourth-order valence-electron chi connectivity index (χ4n) is 1.68. The van der Waals surface area contributed by atoms with E-state index in [-0.39, 0.29) is 0 Å². The SMILES string of the molecule is COc1cc(C)c(CCNCC=O)cc1OC. The van der Waals surface area contributed by atoms with Gasteiger partial charge < -0.3 is 19.6 Å². The minimum absolute atomic E-state index is 0.395. The molecular weight excluding hydrogens is 218 g/mol. The van der Waals surface area contributed by atoms with Gasteiger partial charge in [0.2, 0.25) is 0 Å². The molecule has 0 aliphatic rings. The van der Waals surface area contributed by atoms with Crippen molar-refractivity contribution in [3.05, 3.63) is 23.3 Å². The first kappa shape index (κ1) is 13.5. The van der Waals surface area contributed by atoms with E-state index in [1.807, 2.05) is 19.1 Å². The van der Waals surface area contributed by atoms with Crippen molar-refractivity contribution in [2.45, 2.75) is 13.3 Å². The Labute approximate surface area is 102 Å². The first-order valence-corrected chi connectivity index (χ1v) is 5.58. The number of rotatable bonds is 7. The highest BCUT2D eigenvalue weighted by molar-refractivity contribution is 5.51. The Balaban J connectivity index is 2.74. The molecule has 1 aromatic carbocycles. The molecule has 0 heterocycles. The number of methoxy groups -OCH3 is 2. The van der Waals surface area contributed by atoms with Gasteiger partial charge in [-0.1, -0.05) is 0 Å². The topological polar surface area (TPSA) is 47.6 Å². The summed E-state index contributed by atoms with van der Waals surface area (Å²) in [5.74, 6) is 1.48. The highest BCUT2D eigenvalue weighted by atomic mass is 16.5. The highest BCUT2D eigenvalue weighted by Crippen LogP contribution is 2.30. The molecule has 1 aromatic rings. The predicted octanol–water partition coefficient (Wildman–Crippen LogP) is 1.34. The Hall–Kier alpha value is -1.55. The van der Waals surface area contributed by atoms with Crippen molar-refractivity contribution >= 4 is 6.29 Å². The fraction of sp³-hybridized carbons (Fsp3) is 0.462. The van der Waals surface area contributed by atoms with Crippen molar-refractivity contribution in [3.8, 4) is 11.5 Å². The molecule has 17 heavy (non-hydrogen) atoms. The van der Waals surface area contributed by atoms with Crippen molar-refractivity contribution < 1.29 is 14.3 Å². The molecule has 0 bridgehead atoms. The van der Waals surface area contributed by atoms with Crippen LogP contribution in [0.15, 0.2) is 12.1 Å². The monoisotopic (exact) mass is 237 g/mol. The van der Waals surface area contributed by atoms with E-state index < -0.39 is 0 Å². The first-order chi connectivity index (χ1) is 8.22. The normalized spacial score (nSPS) is 10.1. The molecule has 0 aliphatic heterocycles. The Kier molecular flexibility index (Phi) is 5.49. The van der Waals surface area contributed by atoms with Crippen LogP contribution in [0.1, 0.15) is 11.1 Å². The summed E-state index contributed by atoms with van der Waals surface area (Å²) in [6.07, 6.45) is 1.72. The van der Waals surface area contributed by atoms with Gasteiger partial charge in [0, 0.05) is 0 Å². The van der Waals surface area contributed by atoms with E-state index in [0.717, 1.165) is 36.3 Å². The van der Waals surface area contributed by atoms with Crippen LogP contribution in [0, 0.1) is 6.92 Å². The third-order valence-corrected chi connectivity index (χ3v) is 2.64. The summed E-state index contributed by atoms with van der Waals surface area (Å²) in [5.41, 5.74) is 2.36. The van der Waals surface area contributed by atoms with Gasteiger partial charge in [0.25, 0.3) is 0 Å². The molecule has 0 fully saturated rings. The molecule has 0 radical (unpaired) electrons. The minimum atomic E-state index is 0.395. The summed E-state index contributed by atoms with van der Waals surface area (Å²) in [5, 5.41) is 3.04. The number of ether oxygens (including phenoxy) is 2. The van der Waals surface area contributed by atoms with Gasteiger partial charge in [0.1, 0.15) is 6.29 Å². The molecule has 0 amide bonds. The standard InChI is InChI=1S/C13H19NO3/c1-10-8-12(16-2)13(17-3)9-11(10)4-5-14-6-7-15/h7-9,14H,4-6H2,1-3H3. The van der Waals surface area contributed by atoms with Crippen molar-refractivity contribution in [3.63, 3.8) is 0 Å². The number of benzene rings is 1. The molecule has 1 rings (SSSR count). The first-order valence-electron chi connectivity index (χ1n) is 5.58. The van der Waals surface area contributed by atoms with Gasteiger partial charge in [-0.15, -0.1) is 0 Å². The molecule has 0 saturated carbocycles. The molecular formula is C13H19NO3. The number of carbonyl (C=O) groups is 1. The van der Waals surface area contributed by atoms with E-state index in [4.69, 9.17) is 9.47 Å². The maximum absolute atomic E-state index is 10.2. The number of aryl methyl sites for hydroxylation is 1. The van der Waals surface area contributed by atoms with Gasteiger partial charge in [0.15, 0.2) is 11.5 Å². The molecule has 0 aliphatic carbocycles. The number of carbonyl (C=O) groups excluding carboxylic acids is 1. The molecule has 0 saturated heterocycles. The summed E-state index contributed by atoms with van der Waals surface area (Å²) in [6.45, 7) is 3.21. The average Bonchev–Trinajstić information content (AvgIpc) is 2.35. The van der Waals surface area contributed by atoms with Crippen LogP contribution in [-0.4, -0.2) is 33.6 Å². The minimum Gasteiger partial charge on any atom is -0.493 e. The van der Waals surface area contributed by atoms with Crippen LogP contribution in [0.2, 0.25) is 0 Å². The van der Waals surface area contributed by atoms with E-state index in [1.54, 1.807) is 14.2 Å². The molecule has 0 spiro atoms. The quantitative estimate of drug-likeness (QED) is 0.574. The average molecular weight is 237 g/mol. The lowest BCUT2D eigenvalue weighted by Crippen LogP contribution is -2.19. The molecule has 0 atom stereocenters. The Morgan fingerprint density at radius 2 is 1.88 bits per heavy atom. The lowest BCUT2D eigenvalue weighted by molar-refractivity contribution is -0.107. The summed E-state index contributed by atoms with van der Waals surface area (Å²) in [6, 6.07) is 3.95.